The molecule has 3 fully saturated rings. The average molecular weight is 243 g/mol. The van der Waals surface area contributed by atoms with Crippen molar-refractivity contribution in [3.63, 3.8) is 0 Å². The minimum atomic E-state index is -2.69. The van der Waals surface area contributed by atoms with E-state index in [1.54, 1.807) is 0 Å². The van der Waals surface area contributed by atoms with E-state index in [9.17, 15) is 8.42 Å². The Balaban J connectivity index is 1.48. The van der Waals surface area contributed by atoms with Gasteiger partial charge in [0.05, 0.1) is 11.5 Å². The van der Waals surface area contributed by atoms with Crippen LogP contribution in [0.25, 0.3) is 0 Å². The molecule has 1 saturated heterocycles. The molecule has 3 aliphatic rings. The van der Waals surface area contributed by atoms with Gasteiger partial charge in [0.2, 0.25) is 0 Å². The Morgan fingerprint density at radius 2 is 1.69 bits per heavy atom. The van der Waals surface area contributed by atoms with Gasteiger partial charge >= 0.3 is 0 Å². The topological polar surface area (TPSA) is 46.2 Å². The molecule has 3 rings (SSSR count). The summed E-state index contributed by atoms with van der Waals surface area (Å²) in [5, 5.41) is 3.66. The van der Waals surface area contributed by atoms with Crippen molar-refractivity contribution in [2.24, 2.45) is 17.8 Å². The Morgan fingerprint density at radius 1 is 1.06 bits per heavy atom. The quantitative estimate of drug-likeness (QED) is 0.789. The van der Waals surface area contributed by atoms with Crippen LogP contribution in [0.4, 0.5) is 0 Å². The fourth-order valence-electron chi connectivity index (χ4n) is 2.96. The summed E-state index contributed by atoms with van der Waals surface area (Å²) in [6, 6.07) is 0.711. The summed E-state index contributed by atoms with van der Waals surface area (Å²) in [5.74, 6) is 3.03. The molecule has 92 valence electrons. The maximum Gasteiger partial charge on any atom is 0.150 e. The average Bonchev–Trinajstić information content (AvgIpc) is 3.08. The van der Waals surface area contributed by atoms with E-state index in [1.165, 1.54) is 25.7 Å². The molecule has 16 heavy (non-hydrogen) atoms. The first-order chi connectivity index (χ1) is 7.64. The van der Waals surface area contributed by atoms with Crippen molar-refractivity contribution >= 4 is 9.84 Å². The van der Waals surface area contributed by atoms with Gasteiger partial charge in [-0.15, -0.1) is 0 Å². The third-order valence-corrected chi connectivity index (χ3v) is 6.07. The van der Waals surface area contributed by atoms with Crippen molar-refractivity contribution < 1.29 is 8.42 Å². The normalized spacial score (nSPS) is 33.4. The highest BCUT2D eigenvalue weighted by Crippen LogP contribution is 2.44. The van der Waals surface area contributed by atoms with Gasteiger partial charge in [0.25, 0.3) is 0 Å². The van der Waals surface area contributed by atoms with Crippen molar-refractivity contribution in [1.29, 1.82) is 0 Å². The number of hydrogen-bond acceptors (Lipinski definition) is 3. The molecule has 0 aromatic heterocycles. The van der Waals surface area contributed by atoms with Gasteiger partial charge in [-0.1, -0.05) is 0 Å². The number of rotatable bonds is 5. The number of sulfone groups is 1. The zero-order chi connectivity index (χ0) is 11.2. The molecule has 0 spiro atoms. The molecular weight excluding hydrogens is 222 g/mol. The summed E-state index contributed by atoms with van der Waals surface area (Å²) in [7, 11) is -2.69. The molecule has 3 nitrogen and oxygen atoms in total. The summed E-state index contributed by atoms with van der Waals surface area (Å²) in [4.78, 5) is 0. The van der Waals surface area contributed by atoms with Crippen LogP contribution in [0.15, 0.2) is 0 Å². The molecule has 1 N–H and O–H groups in total. The molecule has 2 saturated carbocycles. The Hall–Kier alpha value is -0.0900. The number of hydrogen-bond donors (Lipinski definition) is 1. The summed E-state index contributed by atoms with van der Waals surface area (Å²) < 4.78 is 22.7. The van der Waals surface area contributed by atoms with Gasteiger partial charge in [0.1, 0.15) is 0 Å². The second kappa shape index (κ2) is 3.98. The Bertz CT molecular complexity index is 345. The van der Waals surface area contributed by atoms with Crippen LogP contribution in [-0.4, -0.2) is 32.5 Å². The molecule has 0 bridgehead atoms. The lowest BCUT2D eigenvalue weighted by molar-refractivity contribution is 0.384. The predicted octanol–water partition coefficient (Wildman–Crippen LogP) is 1.20. The summed E-state index contributed by atoms with van der Waals surface area (Å²) in [6.07, 6.45) is 6.42. The summed E-state index contributed by atoms with van der Waals surface area (Å²) in [6.45, 7) is 0.927. The summed E-state index contributed by atoms with van der Waals surface area (Å²) in [5.41, 5.74) is 0. The molecular formula is C12H21NO2S. The van der Waals surface area contributed by atoms with Gasteiger partial charge in [-0.3, -0.25) is 0 Å². The van der Waals surface area contributed by atoms with Crippen LogP contribution in [0.2, 0.25) is 0 Å². The third-order valence-electron chi connectivity index (χ3n) is 4.23. The van der Waals surface area contributed by atoms with E-state index >= 15 is 0 Å². The zero-order valence-electron chi connectivity index (χ0n) is 9.69. The van der Waals surface area contributed by atoms with Gasteiger partial charge in [-0.05, 0) is 56.4 Å². The van der Waals surface area contributed by atoms with Crippen LogP contribution in [-0.2, 0) is 9.84 Å². The van der Waals surface area contributed by atoms with Crippen molar-refractivity contribution in [1.82, 2.24) is 5.32 Å². The highest BCUT2D eigenvalue weighted by atomic mass is 32.2. The second-order valence-electron chi connectivity index (χ2n) is 5.88. The molecule has 1 atom stereocenters. The second-order valence-corrected chi connectivity index (χ2v) is 8.11. The van der Waals surface area contributed by atoms with Gasteiger partial charge in [0, 0.05) is 6.04 Å². The van der Waals surface area contributed by atoms with Gasteiger partial charge in [-0.25, -0.2) is 8.42 Å². The van der Waals surface area contributed by atoms with Gasteiger partial charge < -0.3 is 5.32 Å². The first-order valence-electron chi connectivity index (χ1n) is 6.58. The fraction of sp³-hybridized carbons (Fsp3) is 1.00. The van der Waals surface area contributed by atoms with Crippen LogP contribution >= 0.6 is 0 Å². The highest BCUT2D eigenvalue weighted by Gasteiger charge is 2.41. The monoisotopic (exact) mass is 243 g/mol. The Kier molecular flexibility index (Phi) is 2.75. The smallest absolute Gasteiger partial charge is 0.150 e. The van der Waals surface area contributed by atoms with Crippen LogP contribution < -0.4 is 5.32 Å². The summed E-state index contributed by atoms with van der Waals surface area (Å²) >= 11 is 0. The Morgan fingerprint density at radius 3 is 2.12 bits per heavy atom. The molecule has 0 amide bonds. The maximum absolute atomic E-state index is 11.4. The highest BCUT2D eigenvalue weighted by molar-refractivity contribution is 7.91. The van der Waals surface area contributed by atoms with E-state index < -0.39 is 9.84 Å². The first-order valence-corrected chi connectivity index (χ1v) is 8.40. The van der Waals surface area contributed by atoms with Crippen LogP contribution in [0, 0.1) is 17.8 Å². The molecule has 0 aromatic rings. The lowest BCUT2D eigenvalue weighted by atomic mass is 10.0. The predicted molar refractivity (Wildman–Crippen MR) is 64.0 cm³/mol. The zero-order valence-corrected chi connectivity index (χ0v) is 10.5. The minimum absolute atomic E-state index is 0.380. The van der Waals surface area contributed by atoms with Gasteiger partial charge in [-0.2, -0.15) is 0 Å². The van der Waals surface area contributed by atoms with Crippen LogP contribution in [0.1, 0.15) is 32.1 Å². The van der Waals surface area contributed by atoms with Gasteiger partial charge in [0.15, 0.2) is 9.84 Å². The molecule has 1 heterocycles. The molecule has 4 heteroatoms. The fourth-order valence-corrected chi connectivity index (χ4v) is 4.83. The molecule has 2 aliphatic carbocycles. The van der Waals surface area contributed by atoms with Crippen molar-refractivity contribution in [3.05, 3.63) is 0 Å². The van der Waals surface area contributed by atoms with E-state index in [-0.39, 0.29) is 0 Å². The van der Waals surface area contributed by atoms with Crippen molar-refractivity contribution in [3.8, 4) is 0 Å². The SMILES string of the molecule is O=S1(=O)CCC(CNC(C2CC2)C2CC2)C1. The number of nitrogens with one attached hydrogen (secondary N) is 1. The molecule has 1 unspecified atom stereocenters. The lowest BCUT2D eigenvalue weighted by Gasteiger charge is -2.19. The first kappa shape index (κ1) is 11.0. The van der Waals surface area contributed by atoms with E-state index in [2.05, 4.69) is 5.32 Å². The van der Waals surface area contributed by atoms with Crippen LogP contribution in [0.5, 0.6) is 0 Å². The van der Waals surface area contributed by atoms with Crippen molar-refractivity contribution in [2.45, 2.75) is 38.1 Å². The standard InChI is InChI=1S/C12H21NO2S/c14-16(15)6-5-9(8-16)7-13-12(10-1-2-10)11-3-4-11/h9-13H,1-8H2. The molecule has 1 aliphatic heterocycles. The largest absolute Gasteiger partial charge is 0.313 e. The molecule has 0 aromatic carbocycles. The lowest BCUT2D eigenvalue weighted by Crippen LogP contribution is -2.37. The van der Waals surface area contributed by atoms with E-state index in [0.717, 1.165) is 24.8 Å². The maximum atomic E-state index is 11.4. The van der Waals surface area contributed by atoms with E-state index in [1.807, 2.05) is 0 Å². The van der Waals surface area contributed by atoms with E-state index in [4.69, 9.17) is 0 Å². The molecule has 0 radical (unpaired) electrons. The van der Waals surface area contributed by atoms with Crippen molar-refractivity contribution in [2.75, 3.05) is 18.1 Å². The Labute approximate surface area is 97.9 Å². The minimum Gasteiger partial charge on any atom is -0.313 e. The van der Waals surface area contributed by atoms with E-state index in [0.29, 0.717) is 23.5 Å². The van der Waals surface area contributed by atoms with Crippen LogP contribution in [0.3, 0.4) is 0 Å². The third kappa shape index (κ3) is 2.59.